The summed E-state index contributed by atoms with van der Waals surface area (Å²) in [5.41, 5.74) is -1.18. The highest BCUT2D eigenvalue weighted by molar-refractivity contribution is 5.81. The minimum absolute atomic E-state index is 0.0231. The predicted octanol–water partition coefficient (Wildman–Crippen LogP) is 3.43. The van der Waals surface area contributed by atoms with E-state index >= 15 is 0 Å². The molecule has 0 bridgehead atoms. The summed E-state index contributed by atoms with van der Waals surface area (Å²) >= 11 is 0. The molecule has 0 aromatic carbocycles. The SMILES string of the molecule is C[C@@H]1CCN(C(=O)OC(C)(C)C)[C@H]1C(=O)O.C[C@H]1CCN(C(=O)OC(C)(C)C)[C@@H]1C(=O)O. The van der Waals surface area contributed by atoms with Crippen molar-refractivity contribution in [2.24, 2.45) is 11.8 Å². The van der Waals surface area contributed by atoms with Gasteiger partial charge in [0.1, 0.15) is 23.3 Å². The van der Waals surface area contributed by atoms with Crippen molar-refractivity contribution in [1.29, 1.82) is 0 Å². The Morgan fingerprint density at radius 1 is 0.688 bits per heavy atom. The van der Waals surface area contributed by atoms with Crippen LogP contribution in [0.25, 0.3) is 0 Å². The molecule has 10 nitrogen and oxygen atoms in total. The molecule has 2 aliphatic rings. The fourth-order valence-electron chi connectivity index (χ4n) is 3.70. The van der Waals surface area contributed by atoms with Gasteiger partial charge in [-0.05, 0) is 66.2 Å². The van der Waals surface area contributed by atoms with E-state index in [1.807, 2.05) is 13.8 Å². The van der Waals surface area contributed by atoms with Gasteiger partial charge >= 0.3 is 24.1 Å². The minimum Gasteiger partial charge on any atom is -0.480 e. The molecule has 0 radical (unpaired) electrons. The van der Waals surface area contributed by atoms with Crippen LogP contribution < -0.4 is 0 Å². The minimum atomic E-state index is -0.962. The third-order valence-corrected chi connectivity index (χ3v) is 5.16. The highest BCUT2D eigenvalue weighted by Crippen LogP contribution is 2.27. The second kappa shape index (κ2) is 10.4. The maximum Gasteiger partial charge on any atom is 0.411 e. The van der Waals surface area contributed by atoms with Crippen LogP contribution in [-0.4, -0.2) is 80.5 Å². The first kappa shape index (κ1) is 27.5. The summed E-state index contributed by atoms with van der Waals surface area (Å²) in [6, 6.07) is -1.51. The first-order valence-corrected chi connectivity index (χ1v) is 10.9. The smallest absolute Gasteiger partial charge is 0.411 e. The van der Waals surface area contributed by atoms with Crippen LogP contribution >= 0.6 is 0 Å². The van der Waals surface area contributed by atoms with E-state index in [0.717, 1.165) is 0 Å². The molecule has 10 heteroatoms. The van der Waals surface area contributed by atoms with Gasteiger partial charge in [0, 0.05) is 13.1 Å². The van der Waals surface area contributed by atoms with Crippen molar-refractivity contribution in [3.05, 3.63) is 0 Å². The Labute approximate surface area is 189 Å². The lowest BCUT2D eigenvalue weighted by atomic mass is 10.0. The van der Waals surface area contributed by atoms with E-state index in [-0.39, 0.29) is 11.8 Å². The fraction of sp³-hybridized carbons (Fsp3) is 0.818. The number of hydrogen-bond acceptors (Lipinski definition) is 6. The Morgan fingerprint density at radius 3 is 1.19 bits per heavy atom. The van der Waals surface area contributed by atoms with E-state index in [1.165, 1.54) is 9.80 Å². The Kier molecular flexibility index (Phi) is 8.94. The molecule has 2 aliphatic heterocycles. The van der Waals surface area contributed by atoms with Crippen molar-refractivity contribution in [3.63, 3.8) is 0 Å². The third-order valence-electron chi connectivity index (χ3n) is 5.16. The number of carbonyl (C=O) groups is 4. The molecule has 0 spiro atoms. The molecule has 0 aliphatic carbocycles. The molecular formula is C22H38N2O8. The van der Waals surface area contributed by atoms with Crippen molar-refractivity contribution in [2.75, 3.05) is 13.1 Å². The number of carbonyl (C=O) groups excluding carboxylic acids is 2. The standard InChI is InChI=1S/2C11H19NO4/c2*1-7-5-6-12(8(7)9(13)14)10(15)16-11(2,3)4/h2*7-8H,5-6H2,1-4H3,(H,13,14)/t2*7-,8-/m10/s1. The molecule has 184 valence electrons. The van der Waals surface area contributed by atoms with Crippen molar-refractivity contribution in [3.8, 4) is 0 Å². The molecule has 2 N–H and O–H groups in total. The van der Waals surface area contributed by atoms with E-state index in [4.69, 9.17) is 19.7 Å². The Morgan fingerprint density at radius 2 is 0.969 bits per heavy atom. The highest BCUT2D eigenvalue weighted by atomic mass is 16.6. The molecule has 2 rings (SSSR count). The van der Waals surface area contributed by atoms with E-state index in [0.29, 0.717) is 25.9 Å². The summed E-state index contributed by atoms with van der Waals surface area (Å²) in [7, 11) is 0. The number of likely N-dealkylation sites (tertiary alicyclic amines) is 2. The van der Waals surface area contributed by atoms with Crippen molar-refractivity contribution >= 4 is 24.1 Å². The van der Waals surface area contributed by atoms with Crippen LogP contribution in [0.15, 0.2) is 0 Å². The Hall–Kier alpha value is -2.52. The van der Waals surface area contributed by atoms with Gasteiger partial charge in [-0.15, -0.1) is 0 Å². The molecule has 4 atom stereocenters. The lowest BCUT2D eigenvalue weighted by Gasteiger charge is -2.27. The van der Waals surface area contributed by atoms with Gasteiger partial charge in [0.25, 0.3) is 0 Å². The summed E-state index contributed by atoms with van der Waals surface area (Å²) in [4.78, 5) is 48.2. The van der Waals surface area contributed by atoms with Gasteiger partial charge in [-0.1, -0.05) is 13.8 Å². The van der Waals surface area contributed by atoms with Gasteiger partial charge in [0.2, 0.25) is 0 Å². The summed E-state index contributed by atoms with van der Waals surface area (Å²) in [6.45, 7) is 15.2. The number of carboxylic acid groups (broad SMARTS) is 2. The Bertz CT molecular complexity index is 650. The van der Waals surface area contributed by atoms with Crippen molar-refractivity contribution < 1.29 is 38.9 Å². The maximum atomic E-state index is 11.8. The van der Waals surface area contributed by atoms with Crippen molar-refractivity contribution in [1.82, 2.24) is 9.80 Å². The summed E-state index contributed by atoms with van der Waals surface area (Å²) < 4.78 is 10.3. The van der Waals surface area contributed by atoms with Gasteiger partial charge < -0.3 is 19.7 Å². The summed E-state index contributed by atoms with van der Waals surface area (Å²) in [5.74, 6) is -1.97. The van der Waals surface area contributed by atoms with Gasteiger partial charge in [-0.2, -0.15) is 0 Å². The largest absolute Gasteiger partial charge is 0.480 e. The number of rotatable bonds is 2. The highest BCUT2D eigenvalue weighted by Gasteiger charge is 2.42. The van der Waals surface area contributed by atoms with Crippen LogP contribution in [0.4, 0.5) is 9.59 Å². The van der Waals surface area contributed by atoms with Gasteiger partial charge in [0.15, 0.2) is 0 Å². The van der Waals surface area contributed by atoms with E-state index in [2.05, 4.69) is 0 Å². The van der Waals surface area contributed by atoms with E-state index in [9.17, 15) is 19.2 Å². The zero-order valence-corrected chi connectivity index (χ0v) is 20.4. The second-order valence-corrected chi connectivity index (χ2v) is 10.4. The fourth-order valence-corrected chi connectivity index (χ4v) is 3.70. The molecule has 0 saturated carbocycles. The first-order chi connectivity index (χ1) is 14.4. The molecular weight excluding hydrogens is 420 g/mol. The maximum absolute atomic E-state index is 11.8. The topological polar surface area (TPSA) is 134 Å². The van der Waals surface area contributed by atoms with Gasteiger partial charge in [-0.25, -0.2) is 19.2 Å². The monoisotopic (exact) mass is 458 g/mol. The average Bonchev–Trinajstić information content (AvgIpc) is 3.15. The molecule has 0 unspecified atom stereocenters. The van der Waals surface area contributed by atoms with Gasteiger partial charge in [-0.3, -0.25) is 9.80 Å². The van der Waals surface area contributed by atoms with Gasteiger partial charge in [0.05, 0.1) is 0 Å². The number of carboxylic acids is 2. The number of ether oxygens (including phenoxy) is 2. The molecule has 2 saturated heterocycles. The van der Waals surface area contributed by atoms with Crippen LogP contribution in [0, 0.1) is 11.8 Å². The van der Waals surface area contributed by atoms with Crippen LogP contribution in [0.2, 0.25) is 0 Å². The number of nitrogens with zero attached hydrogens (tertiary/aromatic N) is 2. The third kappa shape index (κ3) is 7.87. The molecule has 2 heterocycles. The number of hydrogen-bond donors (Lipinski definition) is 2. The first-order valence-electron chi connectivity index (χ1n) is 10.9. The number of aliphatic carboxylic acids is 2. The second-order valence-electron chi connectivity index (χ2n) is 10.4. The molecule has 0 aromatic rings. The molecule has 0 aromatic heterocycles. The lowest BCUT2D eigenvalue weighted by Crippen LogP contribution is -2.45. The predicted molar refractivity (Wildman–Crippen MR) is 116 cm³/mol. The van der Waals surface area contributed by atoms with Crippen molar-refractivity contribution in [2.45, 2.75) is 91.5 Å². The summed E-state index contributed by atoms with van der Waals surface area (Å²) in [5, 5.41) is 18.1. The normalized spacial score (nSPS) is 25.6. The Balaban J connectivity index is 0.000000320. The lowest BCUT2D eigenvalue weighted by molar-refractivity contribution is -0.144. The average molecular weight is 459 g/mol. The van der Waals surface area contributed by atoms with E-state index in [1.54, 1.807) is 41.5 Å². The van der Waals surface area contributed by atoms with Crippen LogP contribution in [0.5, 0.6) is 0 Å². The van der Waals surface area contributed by atoms with Crippen LogP contribution in [-0.2, 0) is 19.1 Å². The quantitative estimate of drug-likeness (QED) is 0.643. The zero-order chi connectivity index (χ0) is 25.0. The van der Waals surface area contributed by atoms with E-state index < -0.39 is 47.4 Å². The van der Waals surface area contributed by atoms with Crippen LogP contribution in [0.3, 0.4) is 0 Å². The molecule has 2 fully saturated rings. The molecule has 32 heavy (non-hydrogen) atoms. The number of amides is 2. The molecule has 2 amide bonds. The van der Waals surface area contributed by atoms with Crippen LogP contribution in [0.1, 0.15) is 68.2 Å². The summed E-state index contributed by atoms with van der Waals surface area (Å²) in [6.07, 6.45) is 0.334. The zero-order valence-electron chi connectivity index (χ0n) is 20.4.